The predicted molar refractivity (Wildman–Crippen MR) is 113 cm³/mol. The number of aromatic amines is 1. The second kappa shape index (κ2) is 7.43. The zero-order valence-electron chi connectivity index (χ0n) is 15.2. The van der Waals surface area contributed by atoms with Gasteiger partial charge >= 0.3 is 0 Å². The molecule has 6 heteroatoms. The van der Waals surface area contributed by atoms with Gasteiger partial charge in [-0.3, -0.25) is 0 Å². The molecule has 0 spiro atoms. The lowest BCUT2D eigenvalue weighted by atomic mass is 9.99. The molecule has 3 aromatic carbocycles. The van der Waals surface area contributed by atoms with Crippen LogP contribution >= 0.6 is 11.6 Å². The second-order valence-corrected chi connectivity index (χ2v) is 8.86. The van der Waals surface area contributed by atoms with Crippen molar-refractivity contribution in [3.05, 3.63) is 101 Å². The molecule has 0 amide bonds. The fraction of sp³-hybridized carbons (Fsp3) is 0.0909. The van der Waals surface area contributed by atoms with Crippen LogP contribution in [0.1, 0.15) is 22.7 Å². The maximum atomic E-state index is 13.1. The van der Waals surface area contributed by atoms with E-state index in [9.17, 15) is 8.42 Å². The number of hydrogen-bond acceptors (Lipinski definition) is 2. The number of benzene rings is 3. The topological polar surface area (TPSA) is 62.0 Å². The van der Waals surface area contributed by atoms with Crippen LogP contribution in [0.5, 0.6) is 0 Å². The van der Waals surface area contributed by atoms with E-state index in [0.29, 0.717) is 5.02 Å². The van der Waals surface area contributed by atoms with Crippen molar-refractivity contribution < 1.29 is 8.42 Å². The van der Waals surface area contributed by atoms with E-state index in [1.165, 1.54) is 0 Å². The summed E-state index contributed by atoms with van der Waals surface area (Å²) in [6.07, 6.45) is 1.84. The number of fused-ring (bicyclic) bond motifs is 1. The first kappa shape index (κ1) is 18.7. The Morgan fingerprint density at radius 2 is 1.71 bits per heavy atom. The first-order chi connectivity index (χ1) is 13.4. The van der Waals surface area contributed by atoms with Crippen molar-refractivity contribution in [1.29, 1.82) is 0 Å². The minimum Gasteiger partial charge on any atom is -0.361 e. The molecule has 0 aliphatic rings. The van der Waals surface area contributed by atoms with Crippen LogP contribution < -0.4 is 4.72 Å². The molecule has 0 bridgehead atoms. The number of para-hydroxylation sites is 1. The van der Waals surface area contributed by atoms with Crippen molar-refractivity contribution in [1.82, 2.24) is 9.71 Å². The van der Waals surface area contributed by atoms with E-state index in [1.807, 2.05) is 49.5 Å². The van der Waals surface area contributed by atoms with Gasteiger partial charge in [0.05, 0.1) is 10.9 Å². The molecule has 0 fully saturated rings. The van der Waals surface area contributed by atoms with Crippen molar-refractivity contribution in [2.24, 2.45) is 0 Å². The number of sulfonamides is 1. The summed E-state index contributed by atoms with van der Waals surface area (Å²) < 4.78 is 29.0. The molecule has 0 aliphatic heterocycles. The normalized spacial score (nSPS) is 12.9. The highest BCUT2D eigenvalue weighted by Gasteiger charge is 2.25. The monoisotopic (exact) mass is 410 g/mol. The summed E-state index contributed by atoms with van der Waals surface area (Å²) in [6.45, 7) is 1.92. The number of aromatic nitrogens is 1. The number of nitrogens with one attached hydrogen (secondary N) is 2. The number of rotatable bonds is 5. The molecule has 1 atom stereocenters. The highest BCUT2D eigenvalue weighted by molar-refractivity contribution is 7.89. The molecule has 4 rings (SSSR count). The Bertz CT molecular complexity index is 1230. The summed E-state index contributed by atoms with van der Waals surface area (Å²) >= 11 is 6.19. The molecule has 0 saturated carbocycles. The average Bonchev–Trinajstić information content (AvgIpc) is 3.10. The highest BCUT2D eigenvalue weighted by atomic mass is 35.5. The molecule has 4 nitrogen and oxygen atoms in total. The molecular formula is C22H19ClN2O2S. The van der Waals surface area contributed by atoms with Crippen LogP contribution in [0.3, 0.4) is 0 Å². The Kier molecular flexibility index (Phi) is 4.98. The zero-order valence-corrected chi connectivity index (χ0v) is 16.8. The quantitative estimate of drug-likeness (QED) is 0.475. The first-order valence-corrected chi connectivity index (χ1v) is 10.7. The summed E-state index contributed by atoms with van der Waals surface area (Å²) in [5.41, 5.74) is 3.56. The molecule has 142 valence electrons. The van der Waals surface area contributed by atoms with Gasteiger partial charge in [-0.1, -0.05) is 59.6 Å². The Morgan fingerprint density at radius 3 is 2.46 bits per heavy atom. The lowest BCUT2D eigenvalue weighted by Crippen LogP contribution is -2.29. The van der Waals surface area contributed by atoms with Gasteiger partial charge in [0, 0.05) is 22.1 Å². The van der Waals surface area contributed by atoms with E-state index in [0.717, 1.165) is 27.6 Å². The fourth-order valence-corrected chi connectivity index (χ4v) is 4.67. The van der Waals surface area contributed by atoms with Crippen molar-refractivity contribution in [3.8, 4) is 0 Å². The third-order valence-electron chi connectivity index (χ3n) is 4.72. The van der Waals surface area contributed by atoms with E-state index in [1.54, 1.807) is 36.4 Å². The molecule has 28 heavy (non-hydrogen) atoms. The van der Waals surface area contributed by atoms with Gasteiger partial charge in [-0.05, 0) is 48.4 Å². The van der Waals surface area contributed by atoms with Crippen LogP contribution in [0.15, 0.2) is 83.9 Å². The van der Waals surface area contributed by atoms with Crippen LogP contribution in [0.25, 0.3) is 10.9 Å². The van der Waals surface area contributed by atoms with E-state index >= 15 is 0 Å². The van der Waals surface area contributed by atoms with Gasteiger partial charge < -0.3 is 4.98 Å². The van der Waals surface area contributed by atoms with Crippen LogP contribution in [0.4, 0.5) is 0 Å². The van der Waals surface area contributed by atoms with Crippen molar-refractivity contribution in [3.63, 3.8) is 0 Å². The van der Waals surface area contributed by atoms with Crippen LogP contribution in [-0.2, 0) is 10.0 Å². The molecular weight excluding hydrogens is 392 g/mol. The Balaban J connectivity index is 1.83. The summed E-state index contributed by atoms with van der Waals surface area (Å²) in [5, 5.41) is 1.51. The average molecular weight is 411 g/mol. The maximum Gasteiger partial charge on any atom is 0.241 e. The van der Waals surface area contributed by atoms with Crippen molar-refractivity contribution in [2.45, 2.75) is 17.9 Å². The summed E-state index contributed by atoms with van der Waals surface area (Å²) in [4.78, 5) is 3.45. The van der Waals surface area contributed by atoms with Gasteiger partial charge in [-0.25, -0.2) is 8.42 Å². The van der Waals surface area contributed by atoms with Gasteiger partial charge in [-0.2, -0.15) is 4.72 Å². The molecule has 1 heterocycles. The zero-order chi connectivity index (χ0) is 19.7. The smallest absolute Gasteiger partial charge is 0.241 e. The first-order valence-electron chi connectivity index (χ1n) is 8.84. The van der Waals surface area contributed by atoms with Gasteiger partial charge in [0.15, 0.2) is 0 Å². The van der Waals surface area contributed by atoms with E-state index < -0.39 is 16.1 Å². The highest BCUT2D eigenvalue weighted by Crippen LogP contribution is 2.31. The summed E-state index contributed by atoms with van der Waals surface area (Å²) in [5.74, 6) is 0. The van der Waals surface area contributed by atoms with Crippen molar-refractivity contribution in [2.75, 3.05) is 0 Å². The summed E-state index contributed by atoms with van der Waals surface area (Å²) in [7, 11) is -3.74. The van der Waals surface area contributed by atoms with Gasteiger partial charge in [0.1, 0.15) is 0 Å². The van der Waals surface area contributed by atoms with Crippen LogP contribution in [-0.4, -0.2) is 13.4 Å². The number of H-pyrrole nitrogens is 1. The molecule has 0 radical (unpaired) electrons. The van der Waals surface area contributed by atoms with Crippen LogP contribution in [0.2, 0.25) is 5.02 Å². The maximum absolute atomic E-state index is 13.1. The molecule has 4 aromatic rings. The Hall–Kier alpha value is -2.60. The summed E-state index contributed by atoms with van der Waals surface area (Å²) in [6, 6.07) is 21.3. The SMILES string of the molecule is Cc1ccc(S(=O)(=O)NC(c2cccc(Cl)c2)c2c[nH]c3ccccc23)cc1. The Labute approximate surface area is 169 Å². The molecule has 0 aliphatic carbocycles. The van der Waals surface area contributed by atoms with Gasteiger partial charge in [0.2, 0.25) is 10.0 Å². The van der Waals surface area contributed by atoms with Crippen molar-refractivity contribution >= 4 is 32.5 Å². The Morgan fingerprint density at radius 1 is 0.964 bits per heavy atom. The lowest BCUT2D eigenvalue weighted by molar-refractivity contribution is 0.572. The fourth-order valence-electron chi connectivity index (χ4n) is 3.27. The molecule has 1 unspecified atom stereocenters. The largest absolute Gasteiger partial charge is 0.361 e. The second-order valence-electron chi connectivity index (χ2n) is 6.71. The standard InChI is InChI=1S/C22H19ClN2O2S/c1-15-9-11-18(12-10-15)28(26,27)25-22(16-5-4-6-17(23)13-16)20-14-24-21-8-3-2-7-19(20)21/h2-14,22,24-25H,1H3. The number of hydrogen-bond donors (Lipinski definition) is 2. The third kappa shape index (κ3) is 3.69. The van der Waals surface area contributed by atoms with E-state index in [2.05, 4.69) is 9.71 Å². The molecule has 2 N–H and O–H groups in total. The predicted octanol–water partition coefficient (Wildman–Crippen LogP) is 5.20. The van der Waals surface area contributed by atoms with Crippen LogP contribution in [0, 0.1) is 6.92 Å². The number of halogens is 1. The minimum absolute atomic E-state index is 0.227. The lowest BCUT2D eigenvalue weighted by Gasteiger charge is -2.20. The number of aryl methyl sites for hydroxylation is 1. The van der Waals surface area contributed by atoms with E-state index in [-0.39, 0.29) is 4.90 Å². The van der Waals surface area contributed by atoms with Gasteiger partial charge in [-0.15, -0.1) is 0 Å². The van der Waals surface area contributed by atoms with Gasteiger partial charge in [0.25, 0.3) is 0 Å². The van der Waals surface area contributed by atoms with E-state index in [4.69, 9.17) is 11.6 Å². The minimum atomic E-state index is -3.74. The third-order valence-corrected chi connectivity index (χ3v) is 6.39. The molecule has 0 saturated heterocycles. The molecule has 1 aromatic heterocycles.